The molecule has 0 spiro atoms. The fourth-order valence-electron chi connectivity index (χ4n) is 3.09. The van der Waals surface area contributed by atoms with Gasteiger partial charge in [-0.25, -0.2) is 9.18 Å². The van der Waals surface area contributed by atoms with Crippen LogP contribution in [-0.4, -0.2) is 17.6 Å². The van der Waals surface area contributed by atoms with Crippen LogP contribution in [0.2, 0.25) is 0 Å². The van der Waals surface area contributed by atoms with Crippen molar-refractivity contribution in [1.29, 1.82) is 0 Å². The third-order valence-electron chi connectivity index (χ3n) is 4.53. The minimum absolute atomic E-state index is 0.00601. The van der Waals surface area contributed by atoms with Crippen molar-refractivity contribution in [2.24, 2.45) is 0 Å². The van der Waals surface area contributed by atoms with Gasteiger partial charge >= 0.3 is 5.97 Å². The molecule has 5 heteroatoms. The summed E-state index contributed by atoms with van der Waals surface area (Å²) >= 11 is 0. The van der Waals surface area contributed by atoms with Gasteiger partial charge in [-0.2, -0.15) is 0 Å². The molecule has 4 nitrogen and oxygen atoms in total. The van der Waals surface area contributed by atoms with E-state index in [1.54, 1.807) is 6.07 Å². The van der Waals surface area contributed by atoms with E-state index in [0.29, 0.717) is 11.1 Å². The first-order valence-electron chi connectivity index (χ1n) is 8.66. The molecule has 0 amide bonds. The predicted octanol–water partition coefficient (Wildman–Crippen LogP) is 4.91. The first-order chi connectivity index (χ1) is 12.9. The molecule has 27 heavy (non-hydrogen) atoms. The van der Waals surface area contributed by atoms with Crippen molar-refractivity contribution in [2.45, 2.75) is 27.4 Å². The van der Waals surface area contributed by atoms with Crippen LogP contribution >= 0.6 is 0 Å². The Balaban J connectivity index is 1.78. The molecule has 3 rings (SSSR count). The van der Waals surface area contributed by atoms with Gasteiger partial charge in [-0.15, -0.1) is 0 Å². The number of hydrogen-bond donors (Lipinski definition) is 0. The highest BCUT2D eigenvalue weighted by atomic mass is 19.1. The molecule has 1 aromatic heterocycles. The smallest absolute Gasteiger partial charge is 0.340 e. The first kappa shape index (κ1) is 18.7. The molecule has 0 aliphatic heterocycles. The van der Waals surface area contributed by atoms with Crippen LogP contribution in [0.4, 0.5) is 4.39 Å². The Morgan fingerprint density at radius 3 is 2.37 bits per heavy atom. The number of ether oxygens (including phenoxy) is 2. The van der Waals surface area contributed by atoms with Crippen molar-refractivity contribution in [3.8, 4) is 11.4 Å². The van der Waals surface area contributed by atoms with E-state index in [2.05, 4.69) is 0 Å². The number of benzene rings is 2. The summed E-state index contributed by atoms with van der Waals surface area (Å²) in [6.45, 7) is 5.86. The Kier molecular flexibility index (Phi) is 5.31. The summed E-state index contributed by atoms with van der Waals surface area (Å²) in [5.41, 5.74) is 4.98. The standard InChI is InChI=1S/C22H22FNO3/c1-14-5-8-18(9-6-14)24-15(2)11-19(16(24)3)22(25)27-13-17-7-10-21(26-4)20(23)12-17/h5-12H,13H2,1-4H3. The van der Waals surface area contributed by atoms with Crippen molar-refractivity contribution in [1.82, 2.24) is 4.57 Å². The normalized spacial score (nSPS) is 10.7. The second-order valence-electron chi connectivity index (χ2n) is 6.50. The zero-order chi connectivity index (χ0) is 19.6. The van der Waals surface area contributed by atoms with Gasteiger partial charge in [0.2, 0.25) is 0 Å². The van der Waals surface area contributed by atoms with Crippen LogP contribution in [0.3, 0.4) is 0 Å². The second kappa shape index (κ2) is 7.66. The van der Waals surface area contributed by atoms with Crippen LogP contribution in [0.15, 0.2) is 48.5 Å². The lowest BCUT2D eigenvalue weighted by Gasteiger charge is -2.10. The molecule has 0 aliphatic carbocycles. The van der Waals surface area contributed by atoms with Gasteiger partial charge in [0.15, 0.2) is 11.6 Å². The van der Waals surface area contributed by atoms with Crippen LogP contribution < -0.4 is 4.74 Å². The lowest BCUT2D eigenvalue weighted by atomic mass is 10.2. The molecule has 0 unspecified atom stereocenters. The van der Waals surface area contributed by atoms with Crippen LogP contribution in [0.25, 0.3) is 5.69 Å². The van der Waals surface area contributed by atoms with Gasteiger partial charge in [0.05, 0.1) is 12.7 Å². The molecular weight excluding hydrogens is 345 g/mol. The molecule has 3 aromatic rings. The number of rotatable bonds is 5. The molecule has 0 atom stereocenters. The number of methoxy groups -OCH3 is 1. The monoisotopic (exact) mass is 367 g/mol. The highest BCUT2D eigenvalue weighted by molar-refractivity contribution is 5.91. The average molecular weight is 367 g/mol. The number of aryl methyl sites for hydroxylation is 2. The topological polar surface area (TPSA) is 40.5 Å². The Labute approximate surface area is 158 Å². The lowest BCUT2D eigenvalue weighted by Crippen LogP contribution is -2.07. The molecule has 2 aromatic carbocycles. The minimum atomic E-state index is -0.483. The Morgan fingerprint density at radius 2 is 1.74 bits per heavy atom. The number of aromatic nitrogens is 1. The van der Waals surface area contributed by atoms with Gasteiger partial charge in [0.25, 0.3) is 0 Å². The van der Waals surface area contributed by atoms with Gasteiger partial charge in [0, 0.05) is 17.1 Å². The number of esters is 1. The number of carbonyl (C=O) groups excluding carboxylic acids is 1. The molecule has 0 saturated carbocycles. The van der Waals surface area contributed by atoms with E-state index in [0.717, 1.165) is 17.1 Å². The van der Waals surface area contributed by atoms with Crippen molar-refractivity contribution < 1.29 is 18.7 Å². The summed E-state index contributed by atoms with van der Waals surface area (Å²) in [6.07, 6.45) is 0. The third-order valence-corrected chi connectivity index (χ3v) is 4.53. The van der Waals surface area contributed by atoms with E-state index in [-0.39, 0.29) is 12.4 Å². The number of hydrogen-bond acceptors (Lipinski definition) is 3. The Morgan fingerprint density at radius 1 is 1.04 bits per heavy atom. The summed E-state index contributed by atoms with van der Waals surface area (Å²) in [6, 6.07) is 14.4. The van der Waals surface area contributed by atoms with Crippen molar-refractivity contribution in [3.63, 3.8) is 0 Å². The van der Waals surface area contributed by atoms with Gasteiger partial charge in [-0.1, -0.05) is 23.8 Å². The molecule has 0 saturated heterocycles. The molecular formula is C22H22FNO3. The largest absolute Gasteiger partial charge is 0.494 e. The number of carbonyl (C=O) groups is 1. The summed E-state index contributed by atoms with van der Waals surface area (Å²) in [7, 11) is 1.40. The summed E-state index contributed by atoms with van der Waals surface area (Å²) in [4.78, 5) is 12.5. The third kappa shape index (κ3) is 3.87. The van der Waals surface area contributed by atoms with Crippen LogP contribution in [0, 0.1) is 26.6 Å². The summed E-state index contributed by atoms with van der Waals surface area (Å²) in [5.74, 6) is -0.756. The maximum atomic E-state index is 13.8. The van der Waals surface area contributed by atoms with E-state index in [1.807, 2.05) is 55.7 Å². The summed E-state index contributed by atoms with van der Waals surface area (Å²) < 4.78 is 26.1. The molecule has 0 fully saturated rings. The van der Waals surface area contributed by atoms with E-state index < -0.39 is 11.8 Å². The maximum Gasteiger partial charge on any atom is 0.340 e. The second-order valence-corrected chi connectivity index (χ2v) is 6.50. The lowest BCUT2D eigenvalue weighted by molar-refractivity contribution is 0.0471. The Bertz CT molecular complexity index is 974. The fraction of sp³-hybridized carbons (Fsp3) is 0.227. The molecule has 0 aliphatic rings. The first-order valence-corrected chi connectivity index (χ1v) is 8.66. The van der Waals surface area contributed by atoms with E-state index in [1.165, 1.54) is 24.8 Å². The van der Waals surface area contributed by atoms with Crippen LogP contribution in [0.5, 0.6) is 5.75 Å². The number of halogens is 1. The van der Waals surface area contributed by atoms with Crippen LogP contribution in [0.1, 0.15) is 32.9 Å². The molecule has 1 heterocycles. The zero-order valence-electron chi connectivity index (χ0n) is 15.9. The van der Waals surface area contributed by atoms with Gasteiger partial charge < -0.3 is 14.0 Å². The fourth-order valence-corrected chi connectivity index (χ4v) is 3.09. The number of nitrogens with zero attached hydrogens (tertiary/aromatic N) is 1. The molecule has 0 N–H and O–H groups in total. The van der Waals surface area contributed by atoms with Crippen molar-refractivity contribution in [3.05, 3.63) is 82.4 Å². The minimum Gasteiger partial charge on any atom is -0.494 e. The van der Waals surface area contributed by atoms with Crippen molar-refractivity contribution in [2.75, 3.05) is 7.11 Å². The van der Waals surface area contributed by atoms with E-state index >= 15 is 0 Å². The zero-order valence-corrected chi connectivity index (χ0v) is 15.9. The maximum absolute atomic E-state index is 13.8. The van der Waals surface area contributed by atoms with Gasteiger partial charge in [-0.05, 0) is 56.7 Å². The van der Waals surface area contributed by atoms with E-state index in [9.17, 15) is 9.18 Å². The SMILES string of the molecule is COc1ccc(COC(=O)c2cc(C)n(-c3ccc(C)cc3)c2C)cc1F. The average Bonchev–Trinajstić information content (AvgIpc) is 2.95. The highest BCUT2D eigenvalue weighted by Gasteiger charge is 2.18. The quantitative estimate of drug-likeness (QED) is 0.602. The Hall–Kier alpha value is -3.08. The van der Waals surface area contributed by atoms with E-state index in [4.69, 9.17) is 9.47 Å². The van der Waals surface area contributed by atoms with Gasteiger partial charge in [-0.3, -0.25) is 0 Å². The molecule has 140 valence electrons. The van der Waals surface area contributed by atoms with Crippen LogP contribution in [-0.2, 0) is 11.3 Å². The molecule has 0 radical (unpaired) electrons. The molecule has 0 bridgehead atoms. The summed E-state index contributed by atoms with van der Waals surface area (Å²) in [5, 5.41) is 0. The van der Waals surface area contributed by atoms with Gasteiger partial charge in [0.1, 0.15) is 6.61 Å². The van der Waals surface area contributed by atoms with Crippen molar-refractivity contribution >= 4 is 5.97 Å². The highest BCUT2D eigenvalue weighted by Crippen LogP contribution is 2.23. The predicted molar refractivity (Wildman–Crippen MR) is 102 cm³/mol.